The second kappa shape index (κ2) is 15.0. The third-order valence-electron chi connectivity index (χ3n) is 10.2. The van der Waals surface area contributed by atoms with Crippen LogP contribution in [0.3, 0.4) is 0 Å². The first-order valence-corrected chi connectivity index (χ1v) is 19.5. The molecule has 7 rings (SSSR count). The van der Waals surface area contributed by atoms with E-state index in [9.17, 15) is 49.5 Å². The van der Waals surface area contributed by atoms with Gasteiger partial charge in [-0.1, -0.05) is 36.4 Å². The van der Waals surface area contributed by atoms with E-state index in [-0.39, 0.29) is 45.8 Å². The number of halogens is 8. The van der Waals surface area contributed by atoms with Gasteiger partial charge in [0, 0.05) is 6.54 Å². The molecule has 0 heterocycles. The zero-order valence-corrected chi connectivity index (χ0v) is 30.9. The Hall–Kier alpha value is -5.03. The minimum absolute atomic E-state index is 0.0472. The first-order chi connectivity index (χ1) is 26.9. The maximum absolute atomic E-state index is 15.3. The average molecular weight is 823 g/mol. The second-order valence-electron chi connectivity index (χ2n) is 14.6. The van der Waals surface area contributed by atoms with Crippen molar-refractivity contribution < 1.29 is 63.0 Å². The number of aromatic carboxylic acids is 1. The predicted molar refractivity (Wildman–Crippen MR) is 189 cm³/mol. The van der Waals surface area contributed by atoms with Gasteiger partial charge in [0.25, 0.3) is 0 Å². The summed E-state index contributed by atoms with van der Waals surface area (Å²) in [5, 5.41) is 9.76. The molecule has 302 valence electrons. The Balaban J connectivity index is 1.39. The van der Waals surface area contributed by atoms with E-state index in [0.717, 1.165) is 79.0 Å². The van der Waals surface area contributed by atoms with Crippen molar-refractivity contribution in [1.82, 2.24) is 4.31 Å². The van der Waals surface area contributed by atoms with E-state index in [1.807, 2.05) is 12.1 Å². The molecule has 4 aromatic rings. The van der Waals surface area contributed by atoms with Gasteiger partial charge in [0.1, 0.15) is 11.8 Å². The lowest BCUT2D eigenvalue weighted by Gasteiger charge is -2.34. The lowest BCUT2D eigenvalue weighted by atomic mass is 9.99. The predicted octanol–water partition coefficient (Wildman–Crippen LogP) is 9.21. The van der Waals surface area contributed by atoms with Crippen LogP contribution in [-0.4, -0.2) is 41.9 Å². The Morgan fingerprint density at radius 1 is 0.789 bits per heavy atom. The Morgan fingerprint density at radius 2 is 1.35 bits per heavy atom. The SMILES string of the molecule is C[C@H](C(=O)N(Cc1cc(C2CC2)cc(C2CC2)c1)c1ccc(C(=O)O)cc1OC1CC1)N(Cc1ccccc1C(F)(F)F)S(=O)(=O)c1c(F)c(F)c(F)c(F)c1F. The fourth-order valence-electron chi connectivity index (χ4n) is 6.75. The number of hydrogen-bond acceptors (Lipinski definition) is 5. The van der Waals surface area contributed by atoms with Crippen LogP contribution in [0.1, 0.15) is 95.5 Å². The highest BCUT2D eigenvalue weighted by molar-refractivity contribution is 7.89. The number of carboxylic acids is 1. The minimum Gasteiger partial charge on any atom is -0.488 e. The van der Waals surface area contributed by atoms with E-state index in [4.69, 9.17) is 4.74 Å². The van der Waals surface area contributed by atoms with Crippen LogP contribution in [0.2, 0.25) is 0 Å². The molecule has 0 bridgehead atoms. The number of carboxylic acid groups (broad SMARTS) is 1. The van der Waals surface area contributed by atoms with E-state index in [1.165, 1.54) is 6.07 Å². The van der Waals surface area contributed by atoms with Crippen LogP contribution in [0, 0.1) is 29.1 Å². The molecule has 8 nitrogen and oxygen atoms in total. The van der Waals surface area contributed by atoms with E-state index >= 15 is 8.78 Å². The summed E-state index contributed by atoms with van der Waals surface area (Å²) >= 11 is 0. The lowest BCUT2D eigenvalue weighted by Crippen LogP contribution is -2.49. The Kier molecular flexibility index (Phi) is 10.6. The fourth-order valence-corrected chi connectivity index (χ4v) is 8.43. The van der Waals surface area contributed by atoms with Crippen LogP contribution in [0.15, 0.2) is 65.6 Å². The normalized spacial score (nSPS) is 16.5. The number of anilines is 1. The van der Waals surface area contributed by atoms with Crippen molar-refractivity contribution in [1.29, 1.82) is 0 Å². The molecule has 4 aromatic carbocycles. The molecule has 1 atom stereocenters. The van der Waals surface area contributed by atoms with Gasteiger partial charge in [-0.2, -0.15) is 17.5 Å². The minimum atomic E-state index is -6.06. The smallest absolute Gasteiger partial charge is 0.416 e. The molecule has 0 unspecified atom stereocenters. The van der Waals surface area contributed by atoms with Gasteiger partial charge in [-0.05, 0) is 104 Å². The van der Waals surface area contributed by atoms with Crippen molar-refractivity contribution in [2.24, 2.45) is 0 Å². The van der Waals surface area contributed by atoms with Crippen molar-refractivity contribution in [3.63, 3.8) is 0 Å². The molecule has 1 N–H and O–H groups in total. The molecular weight excluding hydrogens is 788 g/mol. The molecule has 3 aliphatic carbocycles. The second-order valence-corrected chi connectivity index (χ2v) is 16.4. The van der Waals surface area contributed by atoms with Gasteiger partial charge < -0.3 is 14.7 Å². The molecule has 3 fully saturated rings. The van der Waals surface area contributed by atoms with Crippen LogP contribution in [-0.2, 0) is 34.1 Å². The molecule has 17 heteroatoms. The first kappa shape index (κ1) is 40.2. The highest BCUT2D eigenvalue weighted by atomic mass is 32.2. The van der Waals surface area contributed by atoms with Gasteiger partial charge in [0.15, 0.2) is 28.2 Å². The summed E-state index contributed by atoms with van der Waals surface area (Å²) in [7, 11) is -6.06. The third kappa shape index (κ3) is 8.22. The highest BCUT2D eigenvalue weighted by Gasteiger charge is 2.44. The molecular formula is C40H34F8N2O6S. The van der Waals surface area contributed by atoms with Crippen LogP contribution in [0.4, 0.5) is 40.8 Å². The molecule has 0 radical (unpaired) electrons. The molecule has 0 aromatic heterocycles. The van der Waals surface area contributed by atoms with E-state index < -0.39 is 85.8 Å². The average Bonchev–Trinajstić information content (AvgIpc) is 3.99. The van der Waals surface area contributed by atoms with Gasteiger partial charge in [-0.25, -0.2) is 35.2 Å². The summed E-state index contributed by atoms with van der Waals surface area (Å²) in [5.74, 6) is -15.7. The summed E-state index contributed by atoms with van der Waals surface area (Å²) in [4.78, 5) is 25.6. The molecule has 0 aliphatic heterocycles. The Labute approximate surface area is 321 Å². The summed E-state index contributed by atoms with van der Waals surface area (Å²) in [6.45, 7) is -0.838. The zero-order valence-electron chi connectivity index (χ0n) is 30.1. The van der Waals surface area contributed by atoms with Gasteiger partial charge in [0.05, 0.1) is 29.5 Å². The zero-order chi connectivity index (χ0) is 41.1. The molecule has 3 aliphatic rings. The number of nitrogens with zero attached hydrogens (tertiary/aromatic N) is 2. The Bertz CT molecular complexity index is 2320. The van der Waals surface area contributed by atoms with Crippen LogP contribution >= 0.6 is 0 Å². The molecule has 57 heavy (non-hydrogen) atoms. The van der Waals surface area contributed by atoms with E-state index in [2.05, 4.69) is 6.07 Å². The highest BCUT2D eigenvalue weighted by Crippen LogP contribution is 2.46. The van der Waals surface area contributed by atoms with Crippen molar-refractivity contribution in [3.8, 4) is 5.75 Å². The van der Waals surface area contributed by atoms with E-state index in [0.29, 0.717) is 24.5 Å². The quantitative estimate of drug-likeness (QED) is 0.0773. The summed E-state index contributed by atoms with van der Waals surface area (Å²) < 4.78 is 151. The number of alkyl halides is 3. The maximum atomic E-state index is 15.3. The molecule has 0 spiro atoms. The number of carbonyl (C=O) groups excluding carboxylic acids is 1. The maximum Gasteiger partial charge on any atom is 0.416 e. The summed E-state index contributed by atoms with van der Waals surface area (Å²) in [6.07, 6.45) is -0.612. The van der Waals surface area contributed by atoms with Crippen LogP contribution in [0.25, 0.3) is 0 Å². The molecule has 0 saturated heterocycles. The van der Waals surface area contributed by atoms with Gasteiger partial charge in [-0.3, -0.25) is 4.79 Å². The molecule has 3 saturated carbocycles. The van der Waals surface area contributed by atoms with Crippen molar-refractivity contribution >= 4 is 27.6 Å². The van der Waals surface area contributed by atoms with Gasteiger partial charge in [0.2, 0.25) is 21.7 Å². The number of rotatable bonds is 14. The number of ether oxygens (including phenoxy) is 1. The largest absolute Gasteiger partial charge is 0.488 e. The van der Waals surface area contributed by atoms with Gasteiger partial charge >= 0.3 is 12.1 Å². The van der Waals surface area contributed by atoms with Crippen LogP contribution < -0.4 is 9.64 Å². The molecule has 1 amide bonds. The monoisotopic (exact) mass is 822 g/mol. The number of sulfonamides is 1. The summed E-state index contributed by atoms with van der Waals surface area (Å²) in [6, 6.07) is 10.6. The number of benzene rings is 4. The van der Waals surface area contributed by atoms with Gasteiger partial charge in [-0.15, -0.1) is 0 Å². The standard InChI is InChI=1S/C40H34F8N2O6S/c1-20(50(19-25-4-2-3-5-29(25)40(46,47)48)57(54,55)37-35(44)33(42)32(41)34(43)36(37)45)38(51)49(30-13-10-24(39(52)53)17-31(30)56-28-11-12-28)18-21-14-26(22-6-7-22)16-27(15-21)23-8-9-23/h2-5,10,13-17,20,22-23,28H,6-9,11-12,18-19H2,1H3,(H,52,53)/t20-/m1/s1. The Morgan fingerprint density at radius 3 is 1.88 bits per heavy atom. The summed E-state index contributed by atoms with van der Waals surface area (Å²) in [5.41, 5.74) is 0.0258. The third-order valence-corrected chi connectivity index (χ3v) is 12.2. The number of amides is 1. The topological polar surface area (TPSA) is 104 Å². The van der Waals surface area contributed by atoms with Crippen LogP contribution in [0.5, 0.6) is 5.75 Å². The lowest BCUT2D eigenvalue weighted by molar-refractivity contribution is -0.138. The number of carbonyl (C=O) groups is 2. The van der Waals surface area contributed by atoms with Crippen molar-refractivity contribution in [2.75, 3.05) is 4.90 Å². The van der Waals surface area contributed by atoms with E-state index in [1.54, 1.807) is 0 Å². The van der Waals surface area contributed by atoms with Crippen molar-refractivity contribution in [3.05, 3.63) is 123 Å². The fraction of sp³-hybridized carbons (Fsp3) is 0.350. The first-order valence-electron chi connectivity index (χ1n) is 18.0. The van der Waals surface area contributed by atoms with Crippen molar-refractivity contribution in [2.45, 2.75) is 93.6 Å². The number of hydrogen-bond donors (Lipinski definition) is 1.